The van der Waals surface area contributed by atoms with Crippen LogP contribution in [0.2, 0.25) is 0 Å². The highest BCUT2D eigenvalue weighted by Crippen LogP contribution is 2.31. The Hall–Kier alpha value is -2.44. The van der Waals surface area contributed by atoms with Gasteiger partial charge in [0.1, 0.15) is 11.4 Å². The molecule has 1 aromatic carbocycles. The van der Waals surface area contributed by atoms with E-state index in [2.05, 4.69) is 10.4 Å². The zero-order chi connectivity index (χ0) is 15.6. The van der Waals surface area contributed by atoms with E-state index in [1.54, 1.807) is 13.1 Å². The summed E-state index contributed by atoms with van der Waals surface area (Å²) in [6.45, 7) is 3.71. The Labute approximate surface area is 121 Å². The van der Waals surface area contributed by atoms with Gasteiger partial charge in [-0.25, -0.2) is 13.5 Å². The van der Waals surface area contributed by atoms with Gasteiger partial charge in [-0.2, -0.15) is 5.10 Å². The van der Waals surface area contributed by atoms with Gasteiger partial charge in [-0.05, 0) is 37.1 Å². The molecule has 0 aliphatic heterocycles. The molecule has 2 N–H and O–H groups in total. The van der Waals surface area contributed by atoms with Crippen LogP contribution in [-0.2, 0) is 7.05 Å². The molecule has 0 saturated heterocycles. The van der Waals surface area contributed by atoms with Gasteiger partial charge in [-0.15, -0.1) is 0 Å². The lowest BCUT2D eigenvalue weighted by Crippen LogP contribution is -2.00. The summed E-state index contributed by atoms with van der Waals surface area (Å²) in [5, 5.41) is 13.6. The molecule has 0 bridgehead atoms. The molecule has 0 fully saturated rings. The molecular formula is C14H16F2N4O. The van der Waals surface area contributed by atoms with E-state index in [-0.39, 0.29) is 11.6 Å². The fraction of sp³-hybridized carbons (Fsp3) is 0.286. The van der Waals surface area contributed by atoms with Crippen LogP contribution >= 0.6 is 0 Å². The first-order valence-corrected chi connectivity index (χ1v) is 6.29. The first-order valence-electron chi connectivity index (χ1n) is 6.29. The lowest BCUT2D eigenvalue weighted by atomic mass is 10.1. The minimum Gasteiger partial charge on any atom is -0.439 e. The van der Waals surface area contributed by atoms with Crippen molar-refractivity contribution >= 4 is 12.0 Å². The van der Waals surface area contributed by atoms with E-state index in [1.165, 1.54) is 10.7 Å². The summed E-state index contributed by atoms with van der Waals surface area (Å²) in [7, 11) is 1.55. The number of nitrogens with zero attached hydrogens (tertiary/aromatic N) is 2. The van der Waals surface area contributed by atoms with Crippen LogP contribution in [0.25, 0.3) is 0 Å². The molecule has 0 saturated carbocycles. The third kappa shape index (κ3) is 3.18. The molecule has 2 rings (SSSR count). The van der Waals surface area contributed by atoms with Crippen molar-refractivity contribution in [3.63, 3.8) is 0 Å². The van der Waals surface area contributed by atoms with Gasteiger partial charge >= 0.3 is 0 Å². The molecule has 1 heterocycles. The summed E-state index contributed by atoms with van der Waals surface area (Å²) in [6.07, 6.45) is -1.53. The second kappa shape index (κ2) is 5.90. The summed E-state index contributed by atoms with van der Waals surface area (Å²) in [5.41, 5.74) is 2.19. The maximum atomic E-state index is 12.6. The highest BCUT2D eigenvalue weighted by atomic mass is 19.3. The lowest BCUT2D eigenvalue weighted by molar-refractivity contribution is 0.145. The van der Waals surface area contributed by atoms with E-state index >= 15 is 0 Å². The Morgan fingerprint density at radius 1 is 1.29 bits per heavy atom. The predicted molar refractivity (Wildman–Crippen MR) is 76.6 cm³/mol. The molecule has 0 amide bonds. The SMILES string of the molecule is Cc1cc(Oc2cc(C(F)F)nn2C)c(C)cc1NC=N. The van der Waals surface area contributed by atoms with Crippen molar-refractivity contribution in [2.75, 3.05) is 5.32 Å². The maximum Gasteiger partial charge on any atom is 0.282 e. The third-order valence-electron chi connectivity index (χ3n) is 3.04. The summed E-state index contributed by atoms with van der Waals surface area (Å²) in [4.78, 5) is 0. The van der Waals surface area contributed by atoms with Crippen molar-refractivity contribution in [2.45, 2.75) is 20.3 Å². The van der Waals surface area contributed by atoms with Crippen LogP contribution in [0, 0.1) is 19.3 Å². The molecule has 0 aliphatic carbocycles. The van der Waals surface area contributed by atoms with E-state index in [0.29, 0.717) is 5.75 Å². The Kier molecular flexibility index (Phi) is 4.21. The smallest absolute Gasteiger partial charge is 0.282 e. The maximum absolute atomic E-state index is 12.6. The van der Waals surface area contributed by atoms with Crippen molar-refractivity contribution in [1.82, 2.24) is 9.78 Å². The number of nitrogens with one attached hydrogen (secondary N) is 2. The number of aromatic nitrogens is 2. The third-order valence-corrected chi connectivity index (χ3v) is 3.04. The molecule has 0 radical (unpaired) electrons. The van der Waals surface area contributed by atoms with Gasteiger partial charge in [-0.3, -0.25) is 5.41 Å². The Morgan fingerprint density at radius 2 is 2.00 bits per heavy atom. The Balaban J connectivity index is 2.31. The molecular weight excluding hydrogens is 278 g/mol. The fourth-order valence-electron chi connectivity index (χ4n) is 1.92. The average Bonchev–Trinajstić information content (AvgIpc) is 2.77. The minimum atomic E-state index is -2.63. The van der Waals surface area contributed by atoms with Crippen LogP contribution in [0.4, 0.5) is 14.5 Å². The van der Waals surface area contributed by atoms with Gasteiger partial charge in [0, 0.05) is 18.8 Å². The predicted octanol–water partition coefficient (Wildman–Crippen LogP) is 3.79. The second-order valence-corrected chi connectivity index (χ2v) is 4.66. The quantitative estimate of drug-likeness (QED) is 0.651. The van der Waals surface area contributed by atoms with Crippen LogP contribution in [0.5, 0.6) is 11.6 Å². The molecule has 0 spiro atoms. The van der Waals surface area contributed by atoms with Crippen LogP contribution in [0.3, 0.4) is 0 Å². The van der Waals surface area contributed by atoms with Crippen LogP contribution in [0.1, 0.15) is 23.2 Å². The van der Waals surface area contributed by atoms with E-state index in [4.69, 9.17) is 10.1 Å². The molecule has 1 aromatic heterocycles. The van der Waals surface area contributed by atoms with Crippen molar-refractivity contribution in [3.8, 4) is 11.6 Å². The Bertz CT molecular complexity index is 667. The number of alkyl halides is 2. The highest BCUT2D eigenvalue weighted by molar-refractivity contribution is 5.76. The molecule has 0 atom stereocenters. The second-order valence-electron chi connectivity index (χ2n) is 4.66. The van der Waals surface area contributed by atoms with Crippen molar-refractivity contribution < 1.29 is 13.5 Å². The number of ether oxygens (including phenoxy) is 1. The van der Waals surface area contributed by atoms with E-state index in [1.807, 2.05) is 19.9 Å². The molecule has 2 aromatic rings. The van der Waals surface area contributed by atoms with Crippen LogP contribution in [-0.4, -0.2) is 16.1 Å². The van der Waals surface area contributed by atoms with Gasteiger partial charge < -0.3 is 10.1 Å². The van der Waals surface area contributed by atoms with Crippen LogP contribution in [0.15, 0.2) is 18.2 Å². The van der Waals surface area contributed by atoms with Crippen LogP contribution < -0.4 is 10.1 Å². The number of aryl methyl sites for hydroxylation is 3. The molecule has 21 heavy (non-hydrogen) atoms. The number of halogens is 2. The number of hydrogen-bond donors (Lipinski definition) is 2. The number of benzene rings is 1. The zero-order valence-electron chi connectivity index (χ0n) is 11.9. The van der Waals surface area contributed by atoms with Crippen molar-refractivity contribution in [3.05, 3.63) is 35.0 Å². The average molecular weight is 294 g/mol. The summed E-state index contributed by atoms with van der Waals surface area (Å²) < 4.78 is 32.2. The zero-order valence-corrected chi connectivity index (χ0v) is 11.9. The van der Waals surface area contributed by atoms with E-state index in [9.17, 15) is 8.78 Å². The first kappa shape index (κ1) is 15.0. The topological polar surface area (TPSA) is 62.9 Å². The molecule has 5 nitrogen and oxygen atoms in total. The van der Waals surface area contributed by atoms with Gasteiger partial charge in [0.15, 0.2) is 0 Å². The van der Waals surface area contributed by atoms with E-state index < -0.39 is 6.43 Å². The first-order chi connectivity index (χ1) is 9.92. The van der Waals surface area contributed by atoms with Crippen molar-refractivity contribution in [2.24, 2.45) is 7.05 Å². The largest absolute Gasteiger partial charge is 0.439 e. The number of rotatable bonds is 5. The molecule has 0 aliphatic rings. The standard InChI is InChI=1S/C14H16F2N4O/c1-8-5-12(9(2)4-10(8)18-7-17)21-13-6-11(14(15)16)19-20(13)3/h4-7,14H,1-3H3,(H2,17,18). The van der Waals surface area contributed by atoms with Gasteiger partial charge in [0.05, 0.1) is 6.34 Å². The molecule has 0 unspecified atom stereocenters. The van der Waals surface area contributed by atoms with Gasteiger partial charge in [0.25, 0.3) is 6.43 Å². The van der Waals surface area contributed by atoms with E-state index in [0.717, 1.165) is 23.2 Å². The monoisotopic (exact) mass is 294 g/mol. The lowest BCUT2D eigenvalue weighted by Gasteiger charge is -2.12. The summed E-state index contributed by atoms with van der Waals surface area (Å²) in [5.74, 6) is 0.812. The van der Waals surface area contributed by atoms with Crippen molar-refractivity contribution in [1.29, 1.82) is 5.41 Å². The molecule has 7 heteroatoms. The Morgan fingerprint density at radius 3 is 2.57 bits per heavy atom. The normalized spacial score (nSPS) is 10.8. The summed E-state index contributed by atoms with van der Waals surface area (Å²) in [6, 6.07) is 4.85. The summed E-state index contributed by atoms with van der Waals surface area (Å²) >= 11 is 0. The van der Waals surface area contributed by atoms with Gasteiger partial charge in [0.2, 0.25) is 5.88 Å². The molecule has 112 valence electrons. The minimum absolute atomic E-state index is 0.251. The number of hydrogen-bond acceptors (Lipinski definition) is 3. The van der Waals surface area contributed by atoms with Gasteiger partial charge in [-0.1, -0.05) is 0 Å². The fourth-order valence-corrected chi connectivity index (χ4v) is 1.92. The number of anilines is 1. The highest BCUT2D eigenvalue weighted by Gasteiger charge is 2.16.